The molecule has 6 nitrogen and oxygen atoms in total. The molecule has 1 unspecified atom stereocenters. The molecule has 0 aliphatic rings. The third-order valence-corrected chi connectivity index (χ3v) is 15.9. The first kappa shape index (κ1) is 79.6. The van der Waals surface area contributed by atoms with Gasteiger partial charge >= 0.3 is 17.9 Å². The second-order valence-electron chi connectivity index (χ2n) is 24.1. The Bertz CT molecular complexity index is 1570. The molecule has 6 heteroatoms. The van der Waals surface area contributed by atoms with Gasteiger partial charge in [-0.25, -0.2) is 0 Å². The van der Waals surface area contributed by atoms with Crippen molar-refractivity contribution >= 4 is 17.9 Å². The van der Waals surface area contributed by atoms with Crippen molar-refractivity contribution in [2.75, 3.05) is 13.2 Å². The average Bonchev–Trinajstić information content (AvgIpc) is 3.49. The maximum Gasteiger partial charge on any atom is 0.306 e. The Kier molecular flexibility index (Phi) is 68.2. The van der Waals surface area contributed by atoms with Crippen LogP contribution in [0.5, 0.6) is 0 Å². The van der Waals surface area contributed by atoms with E-state index in [-0.39, 0.29) is 31.1 Å². The van der Waals surface area contributed by atoms with Crippen LogP contribution in [0.25, 0.3) is 0 Å². The third kappa shape index (κ3) is 69.3. The normalized spacial score (nSPS) is 12.6. The van der Waals surface area contributed by atoms with E-state index in [2.05, 4.69) is 106 Å². The summed E-state index contributed by atoms with van der Waals surface area (Å²) < 4.78 is 17.0. The van der Waals surface area contributed by atoms with Gasteiger partial charge in [-0.2, -0.15) is 0 Å². The standard InChI is InChI=1S/C77H136O6/c1-4-7-10-13-16-19-22-25-28-30-32-34-35-36-37-38-39-40-41-43-44-46-49-52-55-58-61-64-67-70-76(79)82-73-74(72-81-75(78)69-66-63-60-57-54-51-48-27-24-21-18-15-12-9-6-3)83-77(80)71-68-65-62-59-56-53-50-47-45-42-33-31-29-26-23-20-17-14-11-8-5-2/h8,11,17,20,22,25-27,29-30,32-33,42,48,74H,4-7,9-10,12-16,18-19,21,23-24,28,31,34-41,43-47,49-73H2,1-3H3/b11-8-,20-17-,25-22-,29-26-,32-30-,42-33-,48-27-. The molecule has 0 fully saturated rings. The van der Waals surface area contributed by atoms with Gasteiger partial charge < -0.3 is 14.2 Å². The van der Waals surface area contributed by atoms with E-state index in [1.165, 1.54) is 225 Å². The molecule has 0 heterocycles. The molecule has 0 aromatic heterocycles. The summed E-state index contributed by atoms with van der Waals surface area (Å²) in [4.78, 5) is 38.5. The summed E-state index contributed by atoms with van der Waals surface area (Å²) in [6, 6.07) is 0. The molecule has 1 atom stereocenters. The van der Waals surface area contributed by atoms with E-state index in [4.69, 9.17) is 14.2 Å². The molecule has 0 N–H and O–H groups in total. The highest BCUT2D eigenvalue weighted by molar-refractivity contribution is 5.71. The Hall–Kier alpha value is -3.41. The Morgan fingerprint density at radius 2 is 0.470 bits per heavy atom. The van der Waals surface area contributed by atoms with Gasteiger partial charge in [-0.05, 0) is 116 Å². The number of allylic oxidation sites excluding steroid dienone is 14. The van der Waals surface area contributed by atoms with Gasteiger partial charge in [-0.3, -0.25) is 14.4 Å². The Morgan fingerprint density at radius 1 is 0.253 bits per heavy atom. The van der Waals surface area contributed by atoms with Gasteiger partial charge in [0.25, 0.3) is 0 Å². The van der Waals surface area contributed by atoms with Crippen molar-refractivity contribution < 1.29 is 28.6 Å². The fraction of sp³-hybridized carbons (Fsp3) is 0.779. The van der Waals surface area contributed by atoms with E-state index in [0.717, 1.165) is 103 Å². The van der Waals surface area contributed by atoms with Crippen LogP contribution in [0.2, 0.25) is 0 Å². The van der Waals surface area contributed by atoms with E-state index in [9.17, 15) is 14.4 Å². The molecule has 0 bridgehead atoms. The minimum Gasteiger partial charge on any atom is -0.462 e. The number of carbonyl (C=O) groups is 3. The summed E-state index contributed by atoms with van der Waals surface area (Å²) in [7, 11) is 0. The van der Waals surface area contributed by atoms with Crippen molar-refractivity contribution in [2.45, 2.75) is 374 Å². The van der Waals surface area contributed by atoms with Crippen LogP contribution in [0.15, 0.2) is 85.1 Å². The minimum atomic E-state index is -0.786. The summed E-state index contributed by atoms with van der Waals surface area (Å²) in [6.45, 7) is 6.55. The van der Waals surface area contributed by atoms with Crippen LogP contribution >= 0.6 is 0 Å². The molecule has 0 aromatic rings. The molecule has 0 rings (SSSR count). The lowest BCUT2D eigenvalue weighted by atomic mass is 10.0. The largest absolute Gasteiger partial charge is 0.462 e. The zero-order valence-corrected chi connectivity index (χ0v) is 55.2. The van der Waals surface area contributed by atoms with Crippen molar-refractivity contribution in [1.29, 1.82) is 0 Å². The molecule has 0 saturated carbocycles. The van der Waals surface area contributed by atoms with E-state index in [1.54, 1.807) is 0 Å². The van der Waals surface area contributed by atoms with Gasteiger partial charge in [0.05, 0.1) is 0 Å². The lowest BCUT2D eigenvalue weighted by Crippen LogP contribution is -2.30. The fourth-order valence-corrected chi connectivity index (χ4v) is 10.5. The summed E-state index contributed by atoms with van der Waals surface area (Å²) in [6.07, 6.45) is 94.7. The molecular weight excluding hydrogens is 1020 g/mol. The van der Waals surface area contributed by atoms with E-state index in [1.807, 2.05) is 0 Å². The maximum atomic E-state index is 13.0. The Labute approximate surface area is 515 Å². The first-order chi connectivity index (χ1) is 41.0. The zero-order valence-electron chi connectivity index (χ0n) is 55.2. The molecule has 0 aliphatic heterocycles. The Balaban J connectivity index is 4.27. The topological polar surface area (TPSA) is 78.9 Å². The van der Waals surface area contributed by atoms with Gasteiger partial charge in [0, 0.05) is 19.3 Å². The summed E-state index contributed by atoms with van der Waals surface area (Å²) in [5.74, 6) is -0.877. The molecule has 0 aliphatic carbocycles. The van der Waals surface area contributed by atoms with Crippen molar-refractivity contribution in [3.63, 3.8) is 0 Å². The van der Waals surface area contributed by atoms with Crippen LogP contribution in [0, 0.1) is 0 Å². The van der Waals surface area contributed by atoms with E-state index >= 15 is 0 Å². The zero-order chi connectivity index (χ0) is 59.9. The predicted octanol–water partition coefficient (Wildman–Crippen LogP) is 25.0. The van der Waals surface area contributed by atoms with Crippen molar-refractivity contribution in [1.82, 2.24) is 0 Å². The number of rotatable bonds is 66. The number of ether oxygens (including phenoxy) is 3. The second kappa shape index (κ2) is 71.1. The first-order valence-electron chi connectivity index (χ1n) is 36.1. The van der Waals surface area contributed by atoms with E-state index < -0.39 is 6.10 Å². The lowest BCUT2D eigenvalue weighted by molar-refractivity contribution is -0.167. The maximum absolute atomic E-state index is 13.0. The molecule has 0 radical (unpaired) electrons. The smallest absolute Gasteiger partial charge is 0.306 e. The molecule has 0 aromatic carbocycles. The van der Waals surface area contributed by atoms with Gasteiger partial charge in [-0.1, -0.05) is 318 Å². The number of carbonyl (C=O) groups excluding carboxylic acids is 3. The highest BCUT2D eigenvalue weighted by Crippen LogP contribution is 2.18. The quantitative estimate of drug-likeness (QED) is 0.0261. The van der Waals surface area contributed by atoms with Crippen molar-refractivity contribution in [3.05, 3.63) is 85.1 Å². The van der Waals surface area contributed by atoms with Crippen LogP contribution in [0.3, 0.4) is 0 Å². The van der Waals surface area contributed by atoms with Gasteiger partial charge in [-0.15, -0.1) is 0 Å². The summed E-state index contributed by atoms with van der Waals surface area (Å²) in [5, 5.41) is 0. The molecule has 0 saturated heterocycles. The van der Waals surface area contributed by atoms with E-state index in [0.29, 0.717) is 19.3 Å². The number of hydrogen-bond donors (Lipinski definition) is 0. The van der Waals surface area contributed by atoms with Crippen LogP contribution in [-0.2, 0) is 28.6 Å². The van der Waals surface area contributed by atoms with Crippen LogP contribution in [0.1, 0.15) is 367 Å². The SMILES string of the molecule is CC/C=C\C/C=C\C/C=C\C/C=C\CCCCCCCCCCC(=O)OC(COC(=O)CCCCCCC/C=C\CCCCCCCC)COC(=O)CCCCCCCCCCCCCCCCCCC/C=C\C/C=C\CCCCCCC. The molecule has 0 spiro atoms. The van der Waals surface area contributed by atoms with Crippen molar-refractivity contribution in [3.8, 4) is 0 Å². The van der Waals surface area contributed by atoms with Crippen LogP contribution < -0.4 is 0 Å². The average molecular weight is 1160 g/mol. The summed E-state index contributed by atoms with van der Waals surface area (Å²) >= 11 is 0. The number of hydrogen-bond acceptors (Lipinski definition) is 6. The summed E-state index contributed by atoms with van der Waals surface area (Å²) in [5.41, 5.74) is 0. The minimum absolute atomic E-state index is 0.0795. The second-order valence-corrected chi connectivity index (χ2v) is 24.1. The monoisotopic (exact) mass is 1160 g/mol. The van der Waals surface area contributed by atoms with Crippen LogP contribution in [0.4, 0.5) is 0 Å². The number of unbranched alkanes of at least 4 members (excludes halogenated alkanes) is 41. The molecule has 480 valence electrons. The van der Waals surface area contributed by atoms with Gasteiger partial charge in [0.2, 0.25) is 0 Å². The lowest BCUT2D eigenvalue weighted by Gasteiger charge is -2.18. The van der Waals surface area contributed by atoms with Crippen LogP contribution in [-0.4, -0.2) is 37.2 Å². The van der Waals surface area contributed by atoms with Gasteiger partial charge in [0.15, 0.2) is 6.10 Å². The fourth-order valence-electron chi connectivity index (χ4n) is 10.5. The molecule has 83 heavy (non-hydrogen) atoms. The Morgan fingerprint density at radius 3 is 0.747 bits per heavy atom. The molecule has 0 amide bonds. The van der Waals surface area contributed by atoms with Crippen molar-refractivity contribution in [2.24, 2.45) is 0 Å². The first-order valence-corrected chi connectivity index (χ1v) is 36.1. The highest BCUT2D eigenvalue weighted by Gasteiger charge is 2.19. The third-order valence-electron chi connectivity index (χ3n) is 15.9. The highest BCUT2D eigenvalue weighted by atomic mass is 16.6. The van der Waals surface area contributed by atoms with Gasteiger partial charge in [0.1, 0.15) is 13.2 Å². The predicted molar refractivity (Wildman–Crippen MR) is 362 cm³/mol. The number of esters is 3. The molecular formula is C77H136O6.